The molecule has 0 aliphatic carbocycles. The molecule has 25 heavy (non-hydrogen) atoms. The van der Waals surface area contributed by atoms with Gasteiger partial charge in [-0.2, -0.15) is 13.2 Å². The van der Waals surface area contributed by atoms with Gasteiger partial charge in [-0.05, 0) is 43.2 Å². The minimum absolute atomic E-state index is 0.408. The molecule has 0 aliphatic rings. The highest BCUT2D eigenvalue weighted by molar-refractivity contribution is 6.30. The Kier molecular flexibility index (Phi) is 6.08. The number of rotatable bonds is 5. The van der Waals surface area contributed by atoms with E-state index in [1.165, 1.54) is 19.2 Å². The molecule has 0 bridgehead atoms. The normalized spacial score (nSPS) is 12.7. The minimum atomic E-state index is -4.62. The van der Waals surface area contributed by atoms with Crippen LogP contribution in [0.2, 0.25) is 5.02 Å². The number of alkyl halides is 3. The first-order valence-corrected chi connectivity index (χ1v) is 7.90. The van der Waals surface area contributed by atoms with Gasteiger partial charge in [0.1, 0.15) is 0 Å². The Balaban J connectivity index is 2.25. The summed E-state index contributed by atoms with van der Waals surface area (Å²) in [6.07, 6.45) is -4.21. The van der Waals surface area contributed by atoms with Crippen molar-refractivity contribution in [3.05, 3.63) is 70.2 Å². The summed E-state index contributed by atoms with van der Waals surface area (Å²) in [5.41, 5.74) is -0.545. The fourth-order valence-corrected chi connectivity index (χ4v) is 2.67. The molecule has 0 heterocycles. The lowest BCUT2D eigenvalue weighted by atomic mass is 10.0. The van der Waals surface area contributed by atoms with Crippen LogP contribution < -0.4 is 0 Å². The van der Waals surface area contributed by atoms with Crippen LogP contribution in [0.15, 0.2) is 48.5 Å². The molecular formula is C18H17ClF3NO2. The molecule has 0 saturated carbocycles. The number of nitrogens with zero attached hydrogens (tertiary/aromatic N) is 1. The van der Waals surface area contributed by atoms with Crippen molar-refractivity contribution in [2.75, 3.05) is 7.11 Å². The fraction of sp³-hybridized carbons (Fsp3) is 0.278. The van der Waals surface area contributed by atoms with Crippen LogP contribution in [0.3, 0.4) is 0 Å². The Hall–Kier alpha value is -2.05. The first kappa shape index (κ1) is 19.3. The molecular weight excluding hydrogens is 355 g/mol. The second-order valence-corrected chi connectivity index (χ2v) is 5.97. The number of carbonyl (C=O) groups is 1. The Morgan fingerprint density at radius 2 is 1.76 bits per heavy atom. The molecule has 2 rings (SSSR count). The van der Waals surface area contributed by atoms with Crippen molar-refractivity contribution >= 4 is 17.5 Å². The third-order valence-corrected chi connectivity index (χ3v) is 3.96. The van der Waals surface area contributed by atoms with E-state index in [1.54, 1.807) is 31.2 Å². The van der Waals surface area contributed by atoms with Crippen LogP contribution in [0.25, 0.3) is 0 Å². The van der Waals surface area contributed by atoms with Gasteiger partial charge in [-0.15, -0.1) is 0 Å². The predicted octanol–water partition coefficient (Wildman–Crippen LogP) is 4.99. The van der Waals surface area contributed by atoms with E-state index in [0.717, 1.165) is 22.8 Å². The largest absolute Gasteiger partial charge is 0.417 e. The van der Waals surface area contributed by atoms with Gasteiger partial charge in [0.15, 0.2) is 0 Å². The van der Waals surface area contributed by atoms with E-state index in [1.807, 2.05) is 0 Å². The number of hydrogen-bond donors (Lipinski definition) is 0. The molecule has 0 saturated heterocycles. The van der Waals surface area contributed by atoms with Crippen LogP contribution in [0, 0.1) is 0 Å². The van der Waals surface area contributed by atoms with Gasteiger partial charge in [-0.1, -0.05) is 35.9 Å². The van der Waals surface area contributed by atoms with E-state index in [2.05, 4.69) is 0 Å². The van der Waals surface area contributed by atoms with Crippen molar-refractivity contribution in [2.45, 2.75) is 25.6 Å². The van der Waals surface area contributed by atoms with Gasteiger partial charge >= 0.3 is 6.18 Å². The molecule has 2 aromatic carbocycles. The molecule has 0 aromatic heterocycles. The average molecular weight is 372 g/mol. The molecule has 3 nitrogen and oxygen atoms in total. The van der Waals surface area contributed by atoms with E-state index in [9.17, 15) is 18.0 Å². The van der Waals surface area contributed by atoms with Crippen molar-refractivity contribution in [1.82, 2.24) is 5.06 Å². The van der Waals surface area contributed by atoms with Crippen molar-refractivity contribution < 1.29 is 22.8 Å². The Morgan fingerprint density at radius 3 is 2.32 bits per heavy atom. The zero-order valence-corrected chi connectivity index (χ0v) is 14.4. The predicted molar refractivity (Wildman–Crippen MR) is 89.2 cm³/mol. The molecule has 0 unspecified atom stereocenters. The number of halogens is 4. The molecule has 0 spiro atoms. The monoisotopic (exact) mass is 371 g/mol. The molecule has 1 amide bonds. The quantitative estimate of drug-likeness (QED) is 0.693. The molecule has 1 atom stereocenters. The summed E-state index contributed by atoms with van der Waals surface area (Å²) in [6, 6.07) is 11.2. The fourth-order valence-electron chi connectivity index (χ4n) is 2.54. The van der Waals surface area contributed by atoms with Crippen molar-refractivity contribution in [2.24, 2.45) is 0 Å². The number of carbonyl (C=O) groups excluding carboxylic acids is 1. The van der Waals surface area contributed by atoms with Gasteiger partial charge in [-0.3, -0.25) is 9.63 Å². The van der Waals surface area contributed by atoms with Gasteiger partial charge in [-0.25, -0.2) is 5.06 Å². The SMILES string of the molecule is CON(C(=O)c1ccccc1C(F)(F)F)[C@H](C)Cc1ccc(Cl)cc1. The maximum atomic E-state index is 13.1. The molecule has 0 fully saturated rings. The summed E-state index contributed by atoms with van der Waals surface area (Å²) >= 11 is 5.83. The second-order valence-electron chi connectivity index (χ2n) is 5.54. The molecule has 2 aromatic rings. The zero-order chi connectivity index (χ0) is 18.6. The zero-order valence-electron chi connectivity index (χ0n) is 13.7. The summed E-state index contributed by atoms with van der Waals surface area (Å²) in [5, 5.41) is 1.54. The van der Waals surface area contributed by atoms with E-state index in [0.29, 0.717) is 11.4 Å². The standard InChI is InChI=1S/C18H17ClF3NO2/c1-12(11-13-7-9-14(19)10-8-13)23(25-2)17(24)15-5-3-4-6-16(15)18(20,21)22/h3-10,12H,11H2,1-2H3/t12-/m1/s1. The van der Waals surface area contributed by atoms with Crippen LogP contribution in [-0.2, 0) is 17.4 Å². The highest BCUT2D eigenvalue weighted by atomic mass is 35.5. The summed E-state index contributed by atoms with van der Waals surface area (Å²) in [6.45, 7) is 1.70. The van der Waals surface area contributed by atoms with Crippen LogP contribution in [-0.4, -0.2) is 24.1 Å². The van der Waals surface area contributed by atoms with Gasteiger partial charge in [0.2, 0.25) is 0 Å². The van der Waals surface area contributed by atoms with E-state index in [4.69, 9.17) is 16.4 Å². The Morgan fingerprint density at radius 1 is 1.16 bits per heavy atom. The Labute approximate surface area is 148 Å². The van der Waals surface area contributed by atoms with Gasteiger partial charge in [0, 0.05) is 5.02 Å². The minimum Gasteiger partial charge on any atom is -0.274 e. The molecule has 0 radical (unpaired) electrons. The third-order valence-electron chi connectivity index (χ3n) is 3.70. The maximum absolute atomic E-state index is 13.1. The lowest BCUT2D eigenvalue weighted by Crippen LogP contribution is -2.39. The van der Waals surface area contributed by atoms with Gasteiger partial charge in [0.05, 0.1) is 24.3 Å². The highest BCUT2D eigenvalue weighted by Gasteiger charge is 2.36. The average Bonchev–Trinajstić information content (AvgIpc) is 2.56. The Bertz CT molecular complexity index is 732. The van der Waals surface area contributed by atoms with Crippen molar-refractivity contribution in [1.29, 1.82) is 0 Å². The van der Waals surface area contributed by atoms with Gasteiger partial charge in [0.25, 0.3) is 5.91 Å². The van der Waals surface area contributed by atoms with Crippen LogP contribution in [0.4, 0.5) is 13.2 Å². The third kappa shape index (κ3) is 4.74. The lowest BCUT2D eigenvalue weighted by molar-refractivity contribution is -0.140. The summed E-state index contributed by atoms with van der Waals surface area (Å²) in [5.74, 6) is -0.836. The van der Waals surface area contributed by atoms with Crippen molar-refractivity contribution in [3.63, 3.8) is 0 Å². The maximum Gasteiger partial charge on any atom is 0.417 e. The summed E-state index contributed by atoms with van der Waals surface area (Å²) in [7, 11) is 1.26. The summed E-state index contributed by atoms with van der Waals surface area (Å²) in [4.78, 5) is 17.7. The van der Waals surface area contributed by atoms with Crippen LogP contribution in [0.1, 0.15) is 28.4 Å². The lowest BCUT2D eigenvalue weighted by Gasteiger charge is -2.27. The molecule has 0 aliphatic heterocycles. The molecule has 7 heteroatoms. The smallest absolute Gasteiger partial charge is 0.274 e. The van der Waals surface area contributed by atoms with Crippen LogP contribution in [0.5, 0.6) is 0 Å². The first-order chi connectivity index (χ1) is 11.7. The van der Waals surface area contributed by atoms with E-state index < -0.39 is 29.3 Å². The molecule has 0 N–H and O–H groups in total. The second kappa shape index (κ2) is 7.89. The number of amides is 1. The van der Waals surface area contributed by atoms with Crippen LogP contribution >= 0.6 is 11.6 Å². The number of hydroxylamine groups is 2. The number of hydrogen-bond acceptors (Lipinski definition) is 2. The van der Waals surface area contributed by atoms with Gasteiger partial charge < -0.3 is 0 Å². The topological polar surface area (TPSA) is 29.5 Å². The van der Waals surface area contributed by atoms with Crippen molar-refractivity contribution in [3.8, 4) is 0 Å². The first-order valence-electron chi connectivity index (χ1n) is 7.52. The van der Waals surface area contributed by atoms with E-state index >= 15 is 0 Å². The summed E-state index contributed by atoms with van der Waals surface area (Å²) < 4.78 is 39.4. The molecule has 134 valence electrons. The number of benzene rings is 2. The van der Waals surface area contributed by atoms with E-state index in [-0.39, 0.29) is 0 Å². The highest BCUT2D eigenvalue weighted by Crippen LogP contribution is 2.32.